The van der Waals surface area contributed by atoms with Crippen LogP contribution in [0.15, 0.2) is 41.4 Å². The number of sulfonamides is 1. The number of ether oxygens (including phenoxy) is 1. The molecule has 0 atom stereocenters. The monoisotopic (exact) mass is 386 g/mol. The molecule has 26 heavy (non-hydrogen) atoms. The number of anilines is 1. The van der Waals surface area contributed by atoms with Crippen molar-refractivity contribution >= 4 is 26.7 Å². The molecule has 0 aliphatic carbocycles. The van der Waals surface area contributed by atoms with Crippen LogP contribution in [0, 0.1) is 6.92 Å². The largest absolute Gasteiger partial charge is 0.573 e. The second kappa shape index (κ2) is 6.16. The van der Waals surface area contributed by atoms with Gasteiger partial charge in [-0.15, -0.1) is 13.2 Å². The molecule has 11 heteroatoms. The van der Waals surface area contributed by atoms with E-state index in [9.17, 15) is 21.6 Å². The van der Waals surface area contributed by atoms with Crippen LogP contribution in [0.25, 0.3) is 11.0 Å². The van der Waals surface area contributed by atoms with Gasteiger partial charge in [-0.2, -0.15) is 5.10 Å². The Morgan fingerprint density at radius 2 is 1.85 bits per heavy atom. The summed E-state index contributed by atoms with van der Waals surface area (Å²) in [6, 6.07) is 5.47. The molecule has 0 aliphatic heterocycles. The lowest BCUT2D eigenvalue weighted by Gasteiger charge is -2.10. The summed E-state index contributed by atoms with van der Waals surface area (Å²) in [6.45, 7) is 1.77. The summed E-state index contributed by atoms with van der Waals surface area (Å²) in [5, 5.41) is 4.88. The number of hydrogen-bond donors (Lipinski definition) is 1. The zero-order valence-electron chi connectivity index (χ0n) is 13.6. The van der Waals surface area contributed by atoms with Crippen molar-refractivity contribution in [3.05, 3.63) is 42.2 Å². The van der Waals surface area contributed by atoms with E-state index in [-0.39, 0.29) is 10.6 Å². The number of nitrogens with one attached hydrogen (secondary N) is 1. The summed E-state index contributed by atoms with van der Waals surface area (Å²) in [5.41, 5.74) is 1.49. The summed E-state index contributed by atoms with van der Waals surface area (Å²) < 4.78 is 68.9. The van der Waals surface area contributed by atoms with Crippen LogP contribution >= 0.6 is 0 Å². The van der Waals surface area contributed by atoms with Crippen molar-refractivity contribution in [2.24, 2.45) is 7.05 Å². The van der Waals surface area contributed by atoms with E-state index in [1.807, 2.05) is 0 Å². The van der Waals surface area contributed by atoms with Gasteiger partial charge >= 0.3 is 6.36 Å². The highest BCUT2D eigenvalue weighted by Gasteiger charge is 2.31. The van der Waals surface area contributed by atoms with E-state index < -0.39 is 22.1 Å². The lowest BCUT2D eigenvalue weighted by Crippen LogP contribution is -2.17. The van der Waals surface area contributed by atoms with Gasteiger partial charge in [-0.25, -0.2) is 13.4 Å². The number of pyridine rings is 1. The van der Waals surface area contributed by atoms with Gasteiger partial charge in [0.05, 0.1) is 22.5 Å². The van der Waals surface area contributed by atoms with Gasteiger partial charge in [0.15, 0.2) is 5.65 Å². The van der Waals surface area contributed by atoms with Gasteiger partial charge < -0.3 is 4.74 Å². The smallest absolute Gasteiger partial charge is 0.406 e. The Bertz CT molecular complexity index is 1060. The third-order valence-electron chi connectivity index (χ3n) is 3.48. The Morgan fingerprint density at radius 3 is 2.46 bits per heavy atom. The number of aromatic nitrogens is 3. The Balaban J connectivity index is 1.86. The average molecular weight is 386 g/mol. The van der Waals surface area contributed by atoms with E-state index in [0.29, 0.717) is 16.7 Å². The second-order valence-electron chi connectivity index (χ2n) is 5.43. The van der Waals surface area contributed by atoms with Gasteiger partial charge in [0, 0.05) is 12.4 Å². The first-order valence-corrected chi connectivity index (χ1v) is 8.71. The molecule has 0 spiro atoms. The molecule has 7 nitrogen and oxygen atoms in total. The third-order valence-corrected chi connectivity index (χ3v) is 4.88. The maximum Gasteiger partial charge on any atom is 0.573 e. The van der Waals surface area contributed by atoms with Gasteiger partial charge in [0.2, 0.25) is 0 Å². The van der Waals surface area contributed by atoms with Gasteiger partial charge in [-0.05, 0) is 37.3 Å². The maximum absolute atomic E-state index is 12.4. The molecule has 0 bridgehead atoms. The first kappa shape index (κ1) is 18.0. The van der Waals surface area contributed by atoms with E-state index in [4.69, 9.17) is 0 Å². The van der Waals surface area contributed by atoms with Crippen molar-refractivity contribution in [3.8, 4) is 5.75 Å². The lowest BCUT2D eigenvalue weighted by atomic mass is 10.3. The fourth-order valence-corrected chi connectivity index (χ4v) is 3.43. The van der Waals surface area contributed by atoms with Crippen molar-refractivity contribution < 1.29 is 26.3 Å². The average Bonchev–Trinajstić information content (AvgIpc) is 2.80. The summed E-state index contributed by atoms with van der Waals surface area (Å²) in [7, 11) is -2.28. The van der Waals surface area contributed by atoms with E-state index in [1.54, 1.807) is 24.7 Å². The zero-order valence-corrected chi connectivity index (χ0v) is 14.4. The maximum atomic E-state index is 12.4. The van der Waals surface area contributed by atoms with Crippen LogP contribution in [-0.4, -0.2) is 29.5 Å². The molecule has 1 N–H and O–H groups in total. The molecule has 138 valence electrons. The molecular weight excluding hydrogens is 373 g/mol. The summed E-state index contributed by atoms with van der Waals surface area (Å²) in [6.07, 6.45) is -3.51. The minimum absolute atomic E-state index is 0.212. The van der Waals surface area contributed by atoms with Crippen LogP contribution < -0.4 is 9.46 Å². The van der Waals surface area contributed by atoms with Crippen molar-refractivity contribution in [2.45, 2.75) is 18.2 Å². The highest BCUT2D eigenvalue weighted by Crippen LogP contribution is 2.25. The Hall–Kier alpha value is -2.82. The molecule has 3 aromatic rings. The molecule has 0 amide bonds. The fourth-order valence-electron chi connectivity index (χ4n) is 2.40. The Morgan fingerprint density at radius 1 is 1.19 bits per heavy atom. The predicted molar refractivity (Wildman–Crippen MR) is 87.2 cm³/mol. The molecule has 0 fully saturated rings. The number of halogens is 3. The van der Waals surface area contributed by atoms with Gasteiger partial charge in [0.1, 0.15) is 5.75 Å². The lowest BCUT2D eigenvalue weighted by molar-refractivity contribution is -0.274. The van der Waals surface area contributed by atoms with E-state index in [0.717, 1.165) is 24.3 Å². The number of rotatable bonds is 4. The number of benzene rings is 1. The van der Waals surface area contributed by atoms with Gasteiger partial charge in [-0.1, -0.05) is 0 Å². The first-order chi connectivity index (χ1) is 12.0. The van der Waals surface area contributed by atoms with Gasteiger partial charge in [-0.3, -0.25) is 9.40 Å². The van der Waals surface area contributed by atoms with Crippen molar-refractivity contribution in [1.82, 2.24) is 14.8 Å². The molecule has 0 radical (unpaired) electrons. The normalized spacial score (nSPS) is 12.3. The van der Waals surface area contributed by atoms with E-state index in [2.05, 4.69) is 19.5 Å². The Kier molecular flexibility index (Phi) is 4.26. The molecule has 3 rings (SSSR count). The highest BCUT2D eigenvalue weighted by molar-refractivity contribution is 7.92. The van der Waals surface area contributed by atoms with Crippen LogP contribution in [-0.2, 0) is 17.1 Å². The quantitative estimate of drug-likeness (QED) is 0.745. The highest BCUT2D eigenvalue weighted by atomic mass is 32.2. The fraction of sp³-hybridized carbons (Fsp3) is 0.200. The number of aryl methyl sites for hydroxylation is 2. The van der Waals surface area contributed by atoms with Crippen LogP contribution in [0.5, 0.6) is 5.75 Å². The van der Waals surface area contributed by atoms with Crippen LogP contribution in [0.3, 0.4) is 0 Å². The number of nitrogens with zero attached hydrogens (tertiary/aromatic N) is 3. The molecule has 0 saturated carbocycles. The summed E-state index contributed by atoms with van der Waals surface area (Å²) >= 11 is 0. The number of hydrogen-bond acceptors (Lipinski definition) is 5. The standard InChI is InChI=1S/C15H13F3N4O3S/c1-9-13-7-10(8-19-14(13)22(2)20-9)21-26(23,24)12-5-3-11(4-6-12)25-15(16,17)18/h3-8,21H,1-2H3. The molecule has 2 heterocycles. The van der Waals surface area contributed by atoms with Crippen molar-refractivity contribution in [3.63, 3.8) is 0 Å². The third kappa shape index (κ3) is 3.72. The molecule has 2 aromatic heterocycles. The van der Waals surface area contributed by atoms with E-state index in [1.165, 1.54) is 6.20 Å². The van der Waals surface area contributed by atoms with Crippen LogP contribution in [0.4, 0.5) is 18.9 Å². The minimum Gasteiger partial charge on any atom is -0.406 e. The second-order valence-corrected chi connectivity index (χ2v) is 7.11. The summed E-state index contributed by atoms with van der Waals surface area (Å²) in [5.74, 6) is -0.509. The molecular formula is C15H13F3N4O3S. The van der Waals surface area contributed by atoms with Crippen LogP contribution in [0.1, 0.15) is 5.69 Å². The Labute approximate surface area is 146 Å². The summed E-state index contributed by atoms with van der Waals surface area (Å²) in [4.78, 5) is 3.95. The zero-order chi connectivity index (χ0) is 19.1. The van der Waals surface area contributed by atoms with E-state index >= 15 is 0 Å². The minimum atomic E-state index is -4.85. The number of alkyl halides is 3. The molecule has 0 unspecified atom stereocenters. The molecule has 0 saturated heterocycles. The molecule has 1 aromatic carbocycles. The first-order valence-electron chi connectivity index (χ1n) is 7.23. The van der Waals surface area contributed by atoms with Crippen LogP contribution in [0.2, 0.25) is 0 Å². The molecule has 0 aliphatic rings. The van der Waals surface area contributed by atoms with Crippen molar-refractivity contribution in [2.75, 3.05) is 4.72 Å². The topological polar surface area (TPSA) is 86.1 Å². The van der Waals surface area contributed by atoms with Crippen molar-refractivity contribution in [1.29, 1.82) is 0 Å². The SMILES string of the molecule is Cc1nn(C)c2ncc(NS(=O)(=O)c3ccc(OC(F)(F)F)cc3)cc12. The van der Waals surface area contributed by atoms with Gasteiger partial charge in [0.25, 0.3) is 10.0 Å². The number of fused-ring (bicyclic) bond motifs is 1. The predicted octanol–water partition coefficient (Wildman–Crippen LogP) is 2.98.